The van der Waals surface area contributed by atoms with E-state index < -0.39 is 86.8 Å². The maximum absolute atomic E-state index is 13.3. The Morgan fingerprint density at radius 2 is 0.788 bits per heavy atom. The number of nitrogens with one attached hydrogen (secondary N) is 1. The highest BCUT2D eigenvalue weighted by Crippen LogP contribution is 2.30. The van der Waals surface area contributed by atoms with Gasteiger partial charge in [-0.15, -0.1) is 0 Å². The fourth-order valence-electron chi connectivity index (χ4n) is 11.3. The molecule has 2 aliphatic rings. The molecule has 2 aliphatic heterocycles. The molecule has 0 bridgehead atoms. The lowest BCUT2D eigenvalue weighted by molar-refractivity contribution is -0.359. The van der Waals surface area contributed by atoms with Gasteiger partial charge in [0.2, 0.25) is 5.91 Å². The zero-order valence-corrected chi connectivity index (χ0v) is 53.8. The van der Waals surface area contributed by atoms with Gasteiger partial charge >= 0.3 is 0 Å². The first-order valence-electron chi connectivity index (χ1n) is 35.0. The number of hydrogen-bond donors (Lipinski definition) is 9. The minimum Gasteiger partial charge on any atom is -0.394 e. The van der Waals surface area contributed by atoms with Crippen molar-refractivity contribution in [3.05, 3.63) is 60.8 Å². The summed E-state index contributed by atoms with van der Waals surface area (Å²) in [5.74, 6) is -0.260. The molecular weight excluding hydrogens is 1070 g/mol. The van der Waals surface area contributed by atoms with E-state index in [0.717, 1.165) is 64.2 Å². The van der Waals surface area contributed by atoms with Gasteiger partial charge in [-0.25, -0.2) is 0 Å². The maximum Gasteiger partial charge on any atom is 0.220 e. The van der Waals surface area contributed by atoms with Crippen molar-refractivity contribution in [2.24, 2.45) is 0 Å². The first-order chi connectivity index (χ1) is 41.6. The van der Waals surface area contributed by atoms with Gasteiger partial charge in [0.25, 0.3) is 0 Å². The maximum atomic E-state index is 13.3. The first kappa shape index (κ1) is 78.8. The van der Waals surface area contributed by atoms with Gasteiger partial charge in [0.05, 0.1) is 32.0 Å². The van der Waals surface area contributed by atoms with Crippen LogP contribution in [-0.4, -0.2) is 140 Å². The van der Waals surface area contributed by atoms with Crippen LogP contribution in [0.1, 0.15) is 290 Å². The van der Waals surface area contributed by atoms with Crippen LogP contribution in [0.5, 0.6) is 0 Å². The van der Waals surface area contributed by atoms with Gasteiger partial charge in [-0.05, 0) is 77.0 Å². The highest BCUT2D eigenvalue weighted by molar-refractivity contribution is 5.76. The van der Waals surface area contributed by atoms with Gasteiger partial charge < -0.3 is 65.1 Å². The topological polar surface area (TPSA) is 228 Å². The molecule has 12 atom stereocenters. The number of unbranched alkanes of at least 4 members (excludes halogenated alkanes) is 36. The number of carbonyl (C=O) groups is 1. The first-order valence-corrected chi connectivity index (χ1v) is 35.0. The number of rotatable bonds is 57. The van der Waals surface area contributed by atoms with Crippen LogP contribution in [0.25, 0.3) is 0 Å². The molecule has 496 valence electrons. The summed E-state index contributed by atoms with van der Waals surface area (Å²) in [6.07, 6.45) is 57.2. The van der Waals surface area contributed by atoms with E-state index in [0.29, 0.717) is 12.8 Å². The lowest BCUT2D eigenvalue weighted by Crippen LogP contribution is -2.65. The van der Waals surface area contributed by atoms with E-state index in [1.807, 2.05) is 6.08 Å². The SMILES string of the molecule is CCCCCC/C=C\C/C=C\CCCCCCCCCC(=O)NC(COC1OC(CO)C(OC2OC(CO)C(O)C(O)C2O)C(O)C1O)C(O)/C=C/CC/C=C/CC/C=C/CCCCCCCCCCCCCCCCCCCCCCCCC. The van der Waals surface area contributed by atoms with E-state index in [4.69, 9.17) is 18.9 Å². The van der Waals surface area contributed by atoms with Crippen LogP contribution in [-0.2, 0) is 23.7 Å². The van der Waals surface area contributed by atoms with Crippen LogP contribution in [0.4, 0.5) is 0 Å². The number of aliphatic hydroxyl groups excluding tert-OH is 8. The summed E-state index contributed by atoms with van der Waals surface area (Å²) < 4.78 is 22.8. The van der Waals surface area contributed by atoms with E-state index in [-0.39, 0.29) is 18.9 Å². The molecule has 0 aliphatic carbocycles. The molecular formula is C71H129NO13. The molecule has 2 heterocycles. The van der Waals surface area contributed by atoms with Gasteiger partial charge in [0.15, 0.2) is 12.6 Å². The van der Waals surface area contributed by atoms with Gasteiger partial charge in [-0.1, -0.05) is 267 Å². The summed E-state index contributed by atoms with van der Waals surface area (Å²) in [4.78, 5) is 13.3. The van der Waals surface area contributed by atoms with E-state index in [1.165, 1.54) is 193 Å². The molecule has 0 saturated carbocycles. The molecule has 2 fully saturated rings. The second-order valence-corrected chi connectivity index (χ2v) is 24.6. The van der Waals surface area contributed by atoms with Gasteiger partial charge in [-0.2, -0.15) is 0 Å². The summed E-state index contributed by atoms with van der Waals surface area (Å²) in [7, 11) is 0. The summed E-state index contributed by atoms with van der Waals surface area (Å²) in [6.45, 7) is 2.78. The molecule has 0 aromatic rings. The Morgan fingerprint density at radius 3 is 1.24 bits per heavy atom. The molecule has 85 heavy (non-hydrogen) atoms. The Hall–Kier alpha value is -2.31. The van der Waals surface area contributed by atoms with Crippen molar-refractivity contribution in [3.8, 4) is 0 Å². The lowest BCUT2D eigenvalue weighted by Gasteiger charge is -2.46. The van der Waals surface area contributed by atoms with Crippen LogP contribution < -0.4 is 5.32 Å². The van der Waals surface area contributed by atoms with E-state index >= 15 is 0 Å². The van der Waals surface area contributed by atoms with E-state index in [2.05, 4.69) is 67.8 Å². The second-order valence-electron chi connectivity index (χ2n) is 24.6. The van der Waals surface area contributed by atoms with Crippen LogP contribution in [0, 0.1) is 0 Å². The van der Waals surface area contributed by atoms with Crippen molar-refractivity contribution in [2.75, 3.05) is 19.8 Å². The summed E-state index contributed by atoms with van der Waals surface area (Å²) in [5.41, 5.74) is 0. The van der Waals surface area contributed by atoms with Crippen molar-refractivity contribution < 1.29 is 64.6 Å². The number of ether oxygens (including phenoxy) is 4. The fourth-order valence-corrected chi connectivity index (χ4v) is 11.3. The highest BCUT2D eigenvalue weighted by Gasteiger charge is 2.51. The predicted octanol–water partition coefficient (Wildman–Crippen LogP) is 14.1. The molecule has 2 rings (SSSR count). The van der Waals surface area contributed by atoms with Crippen LogP contribution in [0.3, 0.4) is 0 Å². The van der Waals surface area contributed by atoms with Crippen molar-refractivity contribution in [2.45, 2.75) is 364 Å². The molecule has 9 N–H and O–H groups in total. The number of amides is 1. The third-order valence-corrected chi connectivity index (χ3v) is 16.9. The normalized spacial score (nSPS) is 23.9. The van der Waals surface area contributed by atoms with E-state index in [1.54, 1.807) is 6.08 Å². The molecule has 0 spiro atoms. The molecule has 2 saturated heterocycles. The molecule has 14 heteroatoms. The molecule has 1 amide bonds. The largest absolute Gasteiger partial charge is 0.394 e. The van der Waals surface area contributed by atoms with Crippen molar-refractivity contribution in [3.63, 3.8) is 0 Å². The fraction of sp³-hybridized carbons (Fsp3) is 0.845. The number of carbonyl (C=O) groups excluding carboxylic acids is 1. The Balaban J connectivity index is 1.69. The minimum atomic E-state index is -1.80. The Bertz CT molecular complexity index is 1660. The minimum absolute atomic E-state index is 0.259. The summed E-state index contributed by atoms with van der Waals surface area (Å²) >= 11 is 0. The van der Waals surface area contributed by atoms with Crippen LogP contribution in [0.2, 0.25) is 0 Å². The molecule has 0 radical (unpaired) electrons. The third-order valence-electron chi connectivity index (χ3n) is 16.9. The molecule has 12 unspecified atom stereocenters. The van der Waals surface area contributed by atoms with Crippen molar-refractivity contribution in [1.82, 2.24) is 5.32 Å². The van der Waals surface area contributed by atoms with Gasteiger partial charge in [0, 0.05) is 6.42 Å². The third kappa shape index (κ3) is 40.1. The quantitative estimate of drug-likeness (QED) is 0.0204. The molecule has 0 aromatic heterocycles. The standard InChI is InChI=1S/C71H129NO13/c1-3-5-7-9-11-13-15-17-19-21-23-24-25-26-27-28-29-30-31-32-33-34-35-36-37-38-40-42-44-46-48-50-52-54-60(75)59(72-63(76)55-53-51-49-47-45-43-41-39-22-20-18-16-14-12-10-8-6-4-2)58-82-70-68(81)66(79)69(62(57-74)84-70)85-71-67(80)65(78)64(77)61(56-73)83-71/h14,16,20,22,37-38,44,46,52,54,59-62,64-71,73-75,77-81H,3-13,15,17-19,21,23-36,39-43,45,47-51,53,55-58H2,1-2H3,(H,72,76)/b16-14-,22-20-,38-37+,46-44+,54-52+. The average molecular weight is 1200 g/mol. The van der Waals surface area contributed by atoms with Gasteiger partial charge in [-0.3, -0.25) is 4.79 Å². The Labute approximate surface area is 517 Å². The number of hydrogen-bond acceptors (Lipinski definition) is 13. The monoisotopic (exact) mass is 1200 g/mol. The second kappa shape index (κ2) is 55.7. The van der Waals surface area contributed by atoms with Crippen LogP contribution >= 0.6 is 0 Å². The highest BCUT2D eigenvalue weighted by atomic mass is 16.7. The summed E-state index contributed by atoms with van der Waals surface area (Å²) in [6, 6.07) is -0.946. The number of aliphatic hydroxyl groups is 8. The lowest BCUT2D eigenvalue weighted by atomic mass is 9.97. The molecule has 0 aromatic carbocycles. The van der Waals surface area contributed by atoms with Crippen LogP contribution in [0.15, 0.2) is 60.8 Å². The zero-order valence-electron chi connectivity index (χ0n) is 53.8. The van der Waals surface area contributed by atoms with Crippen molar-refractivity contribution >= 4 is 5.91 Å². The van der Waals surface area contributed by atoms with Gasteiger partial charge in [0.1, 0.15) is 48.8 Å². The average Bonchev–Trinajstić information content (AvgIpc) is 3.69. The number of allylic oxidation sites excluding steroid dienone is 9. The van der Waals surface area contributed by atoms with Crippen molar-refractivity contribution in [1.29, 1.82) is 0 Å². The Morgan fingerprint density at radius 1 is 0.424 bits per heavy atom. The predicted molar refractivity (Wildman–Crippen MR) is 346 cm³/mol. The molecule has 14 nitrogen and oxygen atoms in total. The zero-order chi connectivity index (χ0) is 61.6. The smallest absolute Gasteiger partial charge is 0.220 e. The van der Waals surface area contributed by atoms with E-state index in [9.17, 15) is 45.6 Å². The Kier molecular flexibility index (Phi) is 51.7. The summed E-state index contributed by atoms with van der Waals surface area (Å²) in [5, 5.41) is 87.3.